The maximum atomic E-state index is 12.0. The van der Waals surface area contributed by atoms with E-state index in [1.807, 2.05) is 35.2 Å². The van der Waals surface area contributed by atoms with Crippen LogP contribution in [0.2, 0.25) is 0 Å². The van der Waals surface area contributed by atoms with Crippen molar-refractivity contribution in [3.05, 3.63) is 30.3 Å². The summed E-state index contributed by atoms with van der Waals surface area (Å²) < 4.78 is 5.33. The molecule has 1 aromatic carbocycles. The van der Waals surface area contributed by atoms with Gasteiger partial charge in [0.1, 0.15) is 0 Å². The molecule has 1 aromatic rings. The SMILES string of the molecule is O=C1OC[C@H]2CCNCC[C@@H]2N1c1ccccc1. The Hall–Kier alpha value is -1.55. The fourth-order valence-corrected chi connectivity index (χ4v) is 2.89. The molecule has 0 spiro atoms. The summed E-state index contributed by atoms with van der Waals surface area (Å²) >= 11 is 0. The number of nitrogens with one attached hydrogen (secondary N) is 1. The van der Waals surface area contributed by atoms with E-state index in [-0.39, 0.29) is 12.1 Å². The second-order valence-corrected chi connectivity index (χ2v) is 4.94. The lowest BCUT2D eigenvalue weighted by atomic mass is 9.93. The van der Waals surface area contributed by atoms with Crippen LogP contribution >= 0.6 is 0 Å². The first-order chi connectivity index (χ1) is 8.86. The smallest absolute Gasteiger partial charge is 0.414 e. The van der Waals surface area contributed by atoms with E-state index in [0.717, 1.165) is 31.6 Å². The summed E-state index contributed by atoms with van der Waals surface area (Å²) in [4.78, 5) is 13.9. The van der Waals surface area contributed by atoms with Crippen molar-refractivity contribution in [3.8, 4) is 0 Å². The average Bonchev–Trinajstić information content (AvgIpc) is 2.65. The normalized spacial score (nSPS) is 28.2. The fourth-order valence-electron chi connectivity index (χ4n) is 2.89. The molecule has 4 heteroatoms. The number of cyclic esters (lactones) is 1. The molecule has 0 bridgehead atoms. The number of carbonyl (C=O) groups excluding carboxylic acids is 1. The van der Waals surface area contributed by atoms with Gasteiger partial charge in [-0.1, -0.05) is 18.2 Å². The Labute approximate surface area is 107 Å². The Kier molecular flexibility index (Phi) is 3.19. The third-order valence-corrected chi connectivity index (χ3v) is 3.84. The van der Waals surface area contributed by atoms with Crippen LogP contribution in [0.25, 0.3) is 0 Å². The first-order valence-electron chi connectivity index (χ1n) is 6.58. The van der Waals surface area contributed by atoms with Crippen molar-refractivity contribution in [2.45, 2.75) is 18.9 Å². The van der Waals surface area contributed by atoms with E-state index in [1.54, 1.807) is 0 Å². The molecule has 0 unspecified atom stereocenters. The molecule has 2 aliphatic heterocycles. The number of hydrogen-bond donors (Lipinski definition) is 1. The van der Waals surface area contributed by atoms with Gasteiger partial charge in [-0.3, -0.25) is 4.90 Å². The minimum absolute atomic E-state index is 0.204. The van der Waals surface area contributed by atoms with Crippen LogP contribution in [0.5, 0.6) is 0 Å². The van der Waals surface area contributed by atoms with Crippen LogP contribution in [-0.4, -0.2) is 31.8 Å². The van der Waals surface area contributed by atoms with E-state index < -0.39 is 0 Å². The monoisotopic (exact) mass is 246 g/mol. The number of nitrogens with zero attached hydrogens (tertiary/aromatic N) is 1. The van der Waals surface area contributed by atoms with E-state index in [1.165, 1.54) is 0 Å². The highest BCUT2D eigenvalue weighted by atomic mass is 16.6. The van der Waals surface area contributed by atoms with Crippen molar-refractivity contribution >= 4 is 11.8 Å². The van der Waals surface area contributed by atoms with Gasteiger partial charge in [-0.15, -0.1) is 0 Å². The molecule has 1 N–H and O–H groups in total. The number of hydrogen-bond acceptors (Lipinski definition) is 3. The minimum atomic E-state index is -0.204. The van der Waals surface area contributed by atoms with Gasteiger partial charge in [0.05, 0.1) is 6.61 Å². The van der Waals surface area contributed by atoms with E-state index in [4.69, 9.17) is 4.74 Å². The number of amides is 1. The molecule has 2 saturated heterocycles. The molecule has 2 aliphatic rings. The summed E-state index contributed by atoms with van der Waals surface area (Å²) in [6.45, 7) is 2.55. The van der Waals surface area contributed by atoms with Gasteiger partial charge in [-0.25, -0.2) is 4.79 Å². The molecule has 4 nitrogen and oxygen atoms in total. The highest BCUT2D eigenvalue weighted by Crippen LogP contribution is 2.30. The van der Waals surface area contributed by atoms with Crippen molar-refractivity contribution in [1.29, 1.82) is 0 Å². The quantitative estimate of drug-likeness (QED) is 0.824. The average molecular weight is 246 g/mol. The molecule has 3 rings (SSSR count). The largest absolute Gasteiger partial charge is 0.449 e. The summed E-state index contributed by atoms with van der Waals surface area (Å²) in [5, 5.41) is 3.40. The molecular formula is C14H18N2O2. The van der Waals surface area contributed by atoms with Crippen LogP contribution in [0.3, 0.4) is 0 Å². The number of para-hydroxylation sites is 1. The molecule has 2 heterocycles. The van der Waals surface area contributed by atoms with Gasteiger partial charge in [0, 0.05) is 17.6 Å². The lowest BCUT2D eigenvalue weighted by molar-refractivity contribution is 0.0953. The minimum Gasteiger partial charge on any atom is -0.449 e. The van der Waals surface area contributed by atoms with Crippen LogP contribution in [-0.2, 0) is 4.74 Å². The zero-order valence-corrected chi connectivity index (χ0v) is 10.3. The van der Waals surface area contributed by atoms with Crippen molar-refractivity contribution in [2.24, 2.45) is 5.92 Å². The third kappa shape index (κ3) is 2.08. The maximum Gasteiger partial charge on any atom is 0.414 e. The van der Waals surface area contributed by atoms with Crippen molar-refractivity contribution in [2.75, 3.05) is 24.6 Å². The summed E-state index contributed by atoms with van der Waals surface area (Å²) in [6, 6.07) is 10.1. The molecule has 96 valence electrons. The van der Waals surface area contributed by atoms with Crippen LogP contribution in [0, 0.1) is 5.92 Å². The first kappa shape index (κ1) is 11.5. The molecule has 0 radical (unpaired) electrons. The number of carbonyl (C=O) groups is 1. The van der Waals surface area contributed by atoms with Gasteiger partial charge < -0.3 is 10.1 Å². The van der Waals surface area contributed by atoms with E-state index in [2.05, 4.69) is 5.32 Å². The van der Waals surface area contributed by atoms with Gasteiger partial charge >= 0.3 is 6.09 Å². The van der Waals surface area contributed by atoms with Gasteiger partial charge in [-0.05, 0) is 38.1 Å². The molecule has 2 atom stereocenters. The molecular weight excluding hydrogens is 228 g/mol. The van der Waals surface area contributed by atoms with Crippen LogP contribution in [0.1, 0.15) is 12.8 Å². The Morgan fingerprint density at radius 3 is 2.78 bits per heavy atom. The van der Waals surface area contributed by atoms with Crippen LogP contribution < -0.4 is 10.2 Å². The van der Waals surface area contributed by atoms with Crippen molar-refractivity contribution < 1.29 is 9.53 Å². The van der Waals surface area contributed by atoms with E-state index in [0.29, 0.717) is 12.5 Å². The Bertz CT molecular complexity index is 421. The van der Waals surface area contributed by atoms with Gasteiger partial charge in [0.15, 0.2) is 0 Å². The number of fused-ring (bicyclic) bond motifs is 1. The maximum absolute atomic E-state index is 12.0. The zero-order valence-electron chi connectivity index (χ0n) is 10.3. The predicted octanol–water partition coefficient (Wildman–Crippen LogP) is 2.01. The van der Waals surface area contributed by atoms with Gasteiger partial charge in [0.2, 0.25) is 0 Å². The number of anilines is 1. The summed E-state index contributed by atoms with van der Waals surface area (Å²) in [7, 11) is 0. The van der Waals surface area contributed by atoms with Gasteiger partial charge in [0.25, 0.3) is 0 Å². The molecule has 1 amide bonds. The summed E-state index contributed by atoms with van der Waals surface area (Å²) in [5.41, 5.74) is 0.944. The van der Waals surface area contributed by atoms with E-state index in [9.17, 15) is 4.79 Å². The third-order valence-electron chi connectivity index (χ3n) is 3.84. The second-order valence-electron chi connectivity index (χ2n) is 4.94. The Morgan fingerprint density at radius 2 is 1.94 bits per heavy atom. The van der Waals surface area contributed by atoms with Crippen LogP contribution in [0.4, 0.5) is 10.5 Å². The van der Waals surface area contributed by atoms with Gasteiger partial charge in [-0.2, -0.15) is 0 Å². The summed E-state index contributed by atoms with van der Waals surface area (Å²) in [5.74, 6) is 0.443. The zero-order chi connectivity index (χ0) is 12.4. The number of benzene rings is 1. The number of ether oxygens (including phenoxy) is 1. The molecule has 0 saturated carbocycles. The highest BCUT2D eigenvalue weighted by molar-refractivity contribution is 5.89. The predicted molar refractivity (Wildman–Crippen MR) is 69.7 cm³/mol. The first-order valence-corrected chi connectivity index (χ1v) is 6.58. The topological polar surface area (TPSA) is 41.6 Å². The fraction of sp³-hybridized carbons (Fsp3) is 0.500. The number of rotatable bonds is 1. The van der Waals surface area contributed by atoms with Crippen LogP contribution in [0.15, 0.2) is 30.3 Å². The summed E-state index contributed by atoms with van der Waals surface area (Å²) in [6.07, 6.45) is 1.86. The lowest BCUT2D eigenvalue weighted by Crippen LogP contribution is -2.51. The van der Waals surface area contributed by atoms with E-state index >= 15 is 0 Å². The standard InChI is InChI=1S/C14H18N2O2/c17-14-16(12-4-2-1-3-5-12)13-7-9-15-8-6-11(13)10-18-14/h1-5,11,13,15H,6-10H2/t11-,13+/m1/s1. The Morgan fingerprint density at radius 1 is 1.17 bits per heavy atom. The highest BCUT2D eigenvalue weighted by Gasteiger charge is 2.38. The van der Waals surface area contributed by atoms with Crippen molar-refractivity contribution in [1.82, 2.24) is 5.32 Å². The molecule has 0 aromatic heterocycles. The Balaban J connectivity index is 1.91. The second kappa shape index (κ2) is 4.98. The van der Waals surface area contributed by atoms with Crippen molar-refractivity contribution in [3.63, 3.8) is 0 Å². The lowest BCUT2D eigenvalue weighted by Gasteiger charge is -2.39. The molecule has 0 aliphatic carbocycles. The molecule has 2 fully saturated rings. The molecule has 18 heavy (non-hydrogen) atoms.